The summed E-state index contributed by atoms with van der Waals surface area (Å²) < 4.78 is 23.3. The minimum atomic E-state index is -3.35. The monoisotopic (exact) mass is 366 g/mol. The van der Waals surface area contributed by atoms with Crippen molar-refractivity contribution in [2.75, 3.05) is 30.9 Å². The van der Waals surface area contributed by atoms with Gasteiger partial charge in [-0.15, -0.1) is 0 Å². The lowest BCUT2D eigenvalue weighted by Gasteiger charge is -2.13. The van der Waals surface area contributed by atoms with E-state index in [0.29, 0.717) is 10.4 Å². The van der Waals surface area contributed by atoms with Crippen LogP contribution < -0.4 is 4.90 Å². The number of ketones is 1. The summed E-state index contributed by atoms with van der Waals surface area (Å²) in [6.07, 6.45) is 3.56. The molecule has 24 heavy (non-hydrogen) atoms. The highest BCUT2D eigenvalue weighted by atomic mass is 32.2. The average Bonchev–Trinajstić information content (AvgIpc) is 3.22. The summed E-state index contributed by atoms with van der Waals surface area (Å²) in [6, 6.07) is 6.05. The predicted molar refractivity (Wildman–Crippen MR) is 92.5 cm³/mol. The summed E-state index contributed by atoms with van der Waals surface area (Å²) >= 11 is 1.29. The summed E-state index contributed by atoms with van der Waals surface area (Å²) in [4.78, 5) is 19.6. The number of sulfone groups is 1. The standard InChI is InChI=1S/C16H18N2O4S2/c1-24(21,22)13-4-2-3-12(7-13)15(20)14-8-17-16(23-14)18-6-5-11(9-18)10-19/h2-4,7-8,11,19H,5-6,9-10H2,1H3/t11-/m1/s1. The number of aliphatic hydroxyl groups is 1. The summed E-state index contributed by atoms with van der Waals surface area (Å²) in [5.74, 6) is 0.0154. The van der Waals surface area contributed by atoms with Gasteiger partial charge in [0, 0.05) is 37.4 Å². The SMILES string of the molecule is CS(=O)(=O)c1cccc(C(=O)c2cnc(N3CC[C@@H](CO)C3)s2)c1. The predicted octanol–water partition coefficient (Wildman–Crippen LogP) is 1.60. The number of thiazole rings is 1. The van der Waals surface area contributed by atoms with Crippen LogP contribution in [0.5, 0.6) is 0 Å². The Morgan fingerprint density at radius 3 is 2.92 bits per heavy atom. The zero-order valence-corrected chi connectivity index (χ0v) is 14.8. The molecule has 1 N–H and O–H groups in total. The maximum Gasteiger partial charge on any atom is 0.204 e. The number of hydrogen-bond donors (Lipinski definition) is 1. The van der Waals surface area contributed by atoms with Gasteiger partial charge in [-0.25, -0.2) is 13.4 Å². The third-order valence-corrected chi connectivity index (χ3v) is 6.22. The molecule has 1 aliphatic heterocycles. The molecule has 0 radical (unpaired) electrons. The summed E-state index contributed by atoms with van der Waals surface area (Å²) in [6.45, 7) is 1.71. The van der Waals surface area contributed by atoms with E-state index in [9.17, 15) is 18.3 Å². The second-order valence-corrected chi connectivity index (χ2v) is 8.94. The Kier molecular flexibility index (Phi) is 4.71. The molecule has 1 saturated heterocycles. The Morgan fingerprint density at radius 2 is 2.25 bits per heavy atom. The zero-order chi connectivity index (χ0) is 17.3. The number of rotatable bonds is 5. The van der Waals surface area contributed by atoms with Crippen LogP contribution in [0.25, 0.3) is 0 Å². The van der Waals surface area contributed by atoms with Crippen molar-refractivity contribution in [3.63, 3.8) is 0 Å². The molecule has 1 fully saturated rings. The van der Waals surface area contributed by atoms with Gasteiger partial charge in [0.2, 0.25) is 5.78 Å². The number of aromatic nitrogens is 1. The van der Waals surface area contributed by atoms with Gasteiger partial charge in [-0.05, 0) is 18.6 Å². The first-order valence-electron chi connectivity index (χ1n) is 7.55. The Balaban J connectivity index is 1.82. The van der Waals surface area contributed by atoms with Crippen LogP contribution in [0.1, 0.15) is 21.7 Å². The molecule has 0 aliphatic carbocycles. The third kappa shape index (κ3) is 3.50. The smallest absolute Gasteiger partial charge is 0.204 e. The molecule has 0 saturated carbocycles. The topological polar surface area (TPSA) is 87.6 Å². The van der Waals surface area contributed by atoms with Crippen molar-refractivity contribution < 1.29 is 18.3 Å². The average molecular weight is 366 g/mol. The molecular weight excluding hydrogens is 348 g/mol. The number of nitrogens with zero attached hydrogens (tertiary/aromatic N) is 2. The third-order valence-electron chi connectivity index (χ3n) is 4.06. The number of hydrogen-bond acceptors (Lipinski definition) is 7. The molecule has 1 aromatic carbocycles. The van der Waals surface area contributed by atoms with Crippen molar-refractivity contribution in [2.45, 2.75) is 11.3 Å². The van der Waals surface area contributed by atoms with Crippen molar-refractivity contribution in [3.05, 3.63) is 40.9 Å². The van der Waals surface area contributed by atoms with E-state index in [2.05, 4.69) is 9.88 Å². The van der Waals surface area contributed by atoms with E-state index in [1.165, 1.54) is 29.7 Å². The van der Waals surface area contributed by atoms with Crippen LogP contribution in [0, 0.1) is 5.92 Å². The molecule has 1 aromatic heterocycles. The number of carbonyl (C=O) groups is 1. The Bertz CT molecular complexity index is 860. The lowest BCUT2D eigenvalue weighted by Crippen LogP contribution is -2.20. The van der Waals surface area contributed by atoms with Gasteiger partial charge in [0.1, 0.15) is 0 Å². The number of anilines is 1. The second-order valence-electron chi connectivity index (χ2n) is 5.92. The highest BCUT2D eigenvalue weighted by molar-refractivity contribution is 7.90. The van der Waals surface area contributed by atoms with Crippen molar-refractivity contribution >= 4 is 32.1 Å². The van der Waals surface area contributed by atoms with Gasteiger partial charge >= 0.3 is 0 Å². The van der Waals surface area contributed by atoms with E-state index in [4.69, 9.17) is 0 Å². The quantitative estimate of drug-likeness (QED) is 0.809. The first kappa shape index (κ1) is 17.1. The first-order chi connectivity index (χ1) is 11.4. The Morgan fingerprint density at radius 1 is 1.46 bits per heavy atom. The van der Waals surface area contributed by atoms with Crippen LogP contribution in [0.4, 0.5) is 5.13 Å². The van der Waals surface area contributed by atoms with Gasteiger partial charge in [0.25, 0.3) is 0 Å². The fourth-order valence-corrected chi connectivity index (χ4v) is 4.26. The lowest BCUT2D eigenvalue weighted by atomic mass is 10.1. The van der Waals surface area contributed by atoms with Gasteiger partial charge in [0.15, 0.2) is 15.0 Å². The molecule has 8 heteroatoms. The Hall–Kier alpha value is -1.77. The highest BCUT2D eigenvalue weighted by Crippen LogP contribution is 2.29. The summed E-state index contributed by atoms with van der Waals surface area (Å²) in [5, 5.41) is 9.98. The maximum absolute atomic E-state index is 12.6. The van der Waals surface area contributed by atoms with Crippen LogP contribution in [0.15, 0.2) is 35.4 Å². The van der Waals surface area contributed by atoms with Crippen molar-refractivity contribution in [1.82, 2.24) is 4.98 Å². The zero-order valence-electron chi connectivity index (χ0n) is 13.2. The van der Waals surface area contributed by atoms with Crippen molar-refractivity contribution in [2.24, 2.45) is 5.92 Å². The molecule has 0 spiro atoms. The van der Waals surface area contributed by atoms with Crippen LogP contribution in [0.3, 0.4) is 0 Å². The number of benzene rings is 1. The van der Waals surface area contributed by atoms with E-state index in [1.807, 2.05) is 0 Å². The van der Waals surface area contributed by atoms with E-state index < -0.39 is 9.84 Å². The van der Waals surface area contributed by atoms with Gasteiger partial charge < -0.3 is 10.0 Å². The number of carbonyl (C=O) groups excluding carboxylic acids is 1. The molecule has 1 aliphatic rings. The van der Waals surface area contributed by atoms with Crippen LogP contribution >= 0.6 is 11.3 Å². The van der Waals surface area contributed by atoms with Crippen LogP contribution in [-0.2, 0) is 9.84 Å². The summed E-state index contributed by atoms with van der Waals surface area (Å²) in [5.41, 5.74) is 0.336. The van der Waals surface area contributed by atoms with Crippen molar-refractivity contribution in [1.29, 1.82) is 0 Å². The van der Waals surface area contributed by atoms with Gasteiger partial charge in [0.05, 0.1) is 16.0 Å². The second kappa shape index (κ2) is 6.62. The van der Waals surface area contributed by atoms with E-state index in [1.54, 1.807) is 12.1 Å². The summed E-state index contributed by atoms with van der Waals surface area (Å²) in [7, 11) is -3.35. The number of aliphatic hydroxyl groups excluding tert-OH is 1. The molecule has 3 rings (SSSR count). The molecule has 2 aromatic rings. The van der Waals surface area contributed by atoms with Gasteiger partial charge in [-0.2, -0.15) is 0 Å². The minimum absolute atomic E-state index is 0.128. The molecule has 0 bridgehead atoms. The van der Waals surface area contributed by atoms with E-state index in [0.717, 1.165) is 30.9 Å². The molecule has 2 heterocycles. The van der Waals surface area contributed by atoms with Gasteiger partial charge in [-0.3, -0.25) is 4.79 Å². The molecule has 128 valence electrons. The molecule has 0 unspecified atom stereocenters. The van der Waals surface area contributed by atoms with E-state index >= 15 is 0 Å². The lowest BCUT2D eigenvalue weighted by molar-refractivity contribution is 0.104. The maximum atomic E-state index is 12.6. The first-order valence-corrected chi connectivity index (χ1v) is 10.3. The fraction of sp³-hybridized carbons (Fsp3) is 0.375. The molecule has 0 amide bonds. The van der Waals surface area contributed by atoms with E-state index in [-0.39, 0.29) is 23.2 Å². The Labute approximate surface area is 144 Å². The molecular formula is C16H18N2O4S2. The van der Waals surface area contributed by atoms with Crippen molar-refractivity contribution in [3.8, 4) is 0 Å². The van der Waals surface area contributed by atoms with Gasteiger partial charge in [-0.1, -0.05) is 23.5 Å². The normalized spacial score (nSPS) is 18.1. The fourth-order valence-electron chi connectivity index (χ4n) is 2.68. The van der Waals surface area contributed by atoms with Crippen LogP contribution in [0.2, 0.25) is 0 Å². The largest absolute Gasteiger partial charge is 0.396 e. The minimum Gasteiger partial charge on any atom is -0.396 e. The molecule has 6 nitrogen and oxygen atoms in total. The highest BCUT2D eigenvalue weighted by Gasteiger charge is 2.25. The molecule has 1 atom stereocenters. The van der Waals surface area contributed by atoms with Crippen LogP contribution in [-0.4, -0.2) is 50.2 Å².